The Morgan fingerprint density at radius 2 is 1.77 bits per heavy atom. The second kappa shape index (κ2) is 12.4. The van der Waals surface area contributed by atoms with Crippen molar-refractivity contribution in [2.45, 2.75) is 26.0 Å². The van der Waals surface area contributed by atoms with E-state index in [1.54, 1.807) is 24.3 Å². The van der Waals surface area contributed by atoms with E-state index in [-0.39, 0.29) is 27.7 Å². The van der Waals surface area contributed by atoms with Crippen molar-refractivity contribution >= 4 is 46.3 Å². The number of thioether (sulfide) groups is 1. The number of thiocarbonyl (C=S) groups is 1. The average molecular weight is 590 g/mol. The monoisotopic (exact) mass is 589 g/mol. The zero-order valence-corrected chi connectivity index (χ0v) is 22.5. The average Bonchev–Trinajstić information content (AvgIpc) is 3.15. The first-order chi connectivity index (χ1) is 19.0. The predicted molar refractivity (Wildman–Crippen MR) is 147 cm³/mol. The highest BCUT2D eigenvalue weighted by Gasteiger charge is 2.33. The van der Waals surface area contributed by atoms with Gasteiger partial charge in [0.05, 0.1) is 4.91 Å². The van der Waals surface area contributed by atoms with Gasteiger partial charge in [-0.1, -0.05) is 72.5 Å². The van der Waals surface area contributed by atoms with Crippen LogP contribution in [0.1, 0.15) is 29.7 Å². The Bertz CT molecular complexity index is 1430. The van der Waals surface area contributed by atoms with Crippen LogP contribution in [-0.2, 0) is 16.2 Å². The van der Waals surface area contributed by atoms with E-state index in [0.717, 1.165) is 22.2 Å². The fourth-order valence-corrected chi connectivity index (χ4v) is 4.93. The van der Waals surface area contributed by atoms with Crippen LogP contribution in [0.15, 0.2) is 77.7 Å². The molecule has 0 aromatic heterocycles. The van der Waals surface area contributed by atoms with Gasteiger partial charge in [0.1, 0.15) is 29.3 Å². The number of carboxylic acid groups (broad SMARTS) is 1. The van der Waals surface area contributed by atoms with Crippen molar-refractivity contribution in [2.75, 3.05) is 6.54 Å². The van der Waals surface area contributed by atoms with Gasteiger partial charge in [0.25, 0.3) is 5.91 Å². The summed E-state index contributed by atoms with van der Waals surface area (Å²) in [5, 5.41) is 9.06. The minimum atomic E-state index is -4.78. The molecule has 1 saturated heterocycles. The predicted octanol–water partition coefficient (Wildman–Crippen LogP) is 6.59. The van der Waals surface area contributed by atoms with Crippen LogP contribution >= 0.6 is 24.0 Å². The number of halogens is 3. The summed E-state index contributed by atoms with van der Waals surface area (Å²) in [6, 6.07) is 19.8. The van der Waals surface area contributed by atoms with Crippen LogP contribution in [0.5, 0.6) is 17.2 Å². The molecule has 1 atom stereocenters. The van der Waals surface area contributed by atoms with Crippen LogP contribution in [0.2, 0.25) is 0 Å². The van der Waals surface area contributed by atoms with Gasteiger partial charge in [-0.15, -0.1) is 13.2 Å². The standard InChI is InChI=1S/C28H22F3NO6S2/c1-17(20-5-3-2-4-6-20)37-23-13-19(14-24-26(35)32(15-25(33)34)27(39)40-24)9-12-22(23)36-16-18-7-10-21(11-8-18)38-28(29,30)31/h2-14,17H,15-16H2,1H3,(H,33,34)/b24-14-. The number of benzene rings is 3. The number of hydrogen-bond donors (Lipinski definition) is 1. The van der Waals surface area contributed by atoms with Gasteiger partial charge in [0.15, 0.2) is 11.5 Å². The summed E-state index contributed by atoms with van der Waals surface area (Å²) in [7, 11) is 0. The molecule has 1 amide bonds. The number of rotatable bonds is 10. The Kier molecular flexibility index (Phi) is 9.00. The molecule has 208 valence electrons. The Morgan fingerprint density at radius 1 is 1.07 bits per heavy atom. The van der Waals surface area contributed by atoms with Gasteiger partial charge in [0.2, 0.25) is 0 Å². The minimum Gasteiger partial charge on any atom is -0.485 e. The first-order valence-corrected chi connectivity index (χ1v) is 13.0. The first-order valence-electron chi connectivity index (χ1n) is 11.8. The lowest BCUT2D eigenvalue weighted by molar-refractivity contribution is -0.274. The second-order valence-electron chi connectivity index (χ2n) is 8.52. The fraction of sp³-hybridized carbons (Fsp3) is 0.179. The maximum atomic E-state index is 12.7. The third-order valence-corrected chi connectivity index (χ3v) is 6.93. The molecular weight excluding hydrogens is 567 g/mol. The number of nitrogens with zero attached hydrogens (tertiary/aromatic N) is 1. The van der Waals surface area contributed by atoms with Crippen LogP contribution in [-0.4, -0.2) is 39.1 Å². The van der Waals surface area contributed by atoms with E-state index in [1.165, 1.54) is 24.3 Å². The topological polar surface area (TPSA) is 85.3 Å². The van der Waals surface area contributed by atoms with Crippen LogP contribution in [0, 0.1) is 0 Å². The summed E-state index contributed by atoms with van der Waals surface area (Å²) >= 11 is 6.16. The summed E-state index contributed by atoms with van der Waals surface area (Å²) in [6.45, 7) is 1.37. The smallest absolute Gasteiger partial charge is 0.485 e. The molecule has 0 spiro atoms. The molecule has 0 aliphatic carbocycles. The highest BCUT2D eigenvalue weighted by molar-refractivity contribution is 8.26. The number of ether oxygens (including phenoxy) is 3. The summed E-state index contributed by atoms with van der Waals surface area (Å²) < 4.78 is 53.5. The van der Waals surface area contributed by atoms with Gasteiger partial charge in [-0.05, 0) is 54.0 Å². The summed E-state index contributed by atoms with van der Waals surface area (Å²) in [6.07, 6.45) is -3.56. The molecule has 1 aliphatic heterocycles. The van der Waals surface area contributed by atoms with Gasteiger partial charge in [0, 0.05) is 0 Å². The van der Waals surface area contributed by atoms with Crippen molar-refractivity contribution in [3.63, 3.8) is 0 Å². The lowest BCUT2D eigenvalue weighted by Gasteiger charge is -2.19. The molecule has 3 aromatic rings. The zero-order valence-electron chi connectivity index (χ0n) is 20.9. The number of aliphatic carboxylic acids is 1. The quantitative estimate of drug-likeness (QED) is 0.210. The molecule has 1 heterocycles. The Balaban J connectivity index is 1.56. The molecule has 0 saturated carbocycles. The van der Waals surface area contributed by atoms with Crippen molar-refractivity contribution in [2.24, 2.45) is 0 Å². The highest BCUT2D eigenvalue weighted by atomic mass is 32.2. The molecule has 1 aliphatic rings. The van der Waals surface area contributed by atoms with Gasteiger partial charge in [-0.2, -0.15) is 0 Å². The third kappa shape index (κ3) is 7.76. The second-order valence-corrected chi connectivity index (χ2v) is 10.2. The van der Waals surface area contributed by atoms with Crippen LogP contribution < -0.4 is 14.2 Å². The van der Waals surface area contributed by atoms with Gasteiger partial charge >= 0.3 is 12.3 Å². The van der Waals surface area contributed by atoms with E-state index in [2.05, 4.69) is 4.74 Å². The third-order valence-electron chi connectivity index (χ3n) is 5.56. The molecule has 4 rings (SSSR count). The summed E-state index contributed by atoms with van der Waals surface area (Å²) in [5.74, 6) is -1.28. The SMILES string of the molecule is CC(Oc1cc(/C=C2\SC(=S)N(CC(=O)O)C2=O)ccc1OCc1ccc(OC(F)(F)F)cc1)c1ccccc1. The first kappa shape index (κ1) is 29.0. The van der Waals surface area contributed by atoms with E-state index in [0.29, 0.717) is 22.6 Å². The molecule has 1 unspecified atom stereocenters. The molecule has 40 heavy (non-hydrogen) atoms. The number of carboxylic acids is 1. The zero-order chi connectivity index (χ0) is 28.9. The van der Waals surface area contributed by atoms with E-state index in [9.17, 15) is 22.8 Å². The van der Waals surface area contributed by atoms with E-state index in [4.69, 9.17) is 26.8 Å². The maximum absolute atomic E-state index is 12.7. The normalized spacial score (nSPS) is 15.3. The summed E-state index contributed by atoms with van der Waals surface area (Å²) in [5.41, 5.74) is 2.10. The Labute approximate surface area is 237 Å². The van der Waals surface area contributed by atoms with Crippen molar-refractivity contribution in [1.82, 2.24) is 4.90 Å². The maximum Gasteiger partial charge on any atom is 0.573 e. The molecule has 3 aromatic carbocycles. The Morgan fingerprint density at radius 3 is 2.42 bits per heavy atom. The molecule has 7 nitrogen and oxygen atoms in total. The molecule has 1 fully saturated rings. The van der Waals surface area contributed by atoms with Crippen molar-refractivity contribution < 1.29 is 42.1 Å². The van der Waals surface area contributed by atoms with E-state index in [1.807, 2.05) is 37.3 Å². The van der Waals surface area contributed by atoms with Crippen molar-refractivity contribution in [3.05, 3.63) is 94.4 Å². The number of carbonyl (C=O) groups excluding carboxylic acids is 1. The van der Waals surface area contributed by atoms with Crippen LogP contribution in [0.25, 0.3) is 6.08 Å². The number of alkyl halides is 3. The van der Waals surface area contributed by atoms with Crippen LogP contribution in [0.3, 0.4) is 0 Å². The molecular formula is C28H22F3NO6S2. The van der Waals surface area contributed by atoms with Crippen LogP contribution in [0.4, 0.5) is 13.2 Å². The Hall–Kier alpha value is -4.03. The van der Waals surface area contributed by atoms with Gasteiger partial charge in [-0.3, -0.25) is 14.5 Å². The van der Waals surface area contributed by atoms with Crippen molar-refractivity contribution in [1.29, 1.82) is 0 Å². The van der Waals surface area contributed by atoms with Crippen molar-refractivity contribution in [3.8, 4) is 17.2 Å². The number of hydrogen-bond acceptors (Lipinski definition) is 7. The largest absolute Gasteiger partial charge is 0.573 e. The number of carbonyl (C=O) groups is 2. The minimum absolute atomic E-state index is 0.0373. The molecule has 12 heteroatoms. The lowest BCUT2D eigenvalue weighted by Crippen LogP contribution is -2.33. The lowest BCUT2D eigenvalue weighted by atomic mass is 10.1. The number of amides is 1. The molecule has 1 N–H and O–H groups in total. The molecule has 0 radical (unpaired) electrons. The highest BCUT2D eigenvalue weighted by Crippen LogP contribution is 2.37. The van der Waals surface area contributed by atoms with Gasteiger partial charge in [-0.25, -0.2) is 0 Å². The van der Waals surface area contributed by atoms with E-state index >= 15 is 0 Å². The molecule has 0 bridgehead atoms. The fourth-order valence-electron chi connectivity index (χ4n) is 3.68. The summed E-state index contributed by atoms with van der Waals surface area (Å²) in [4.78, 5) is 25.1. The van der Waals surface area contributed by atoms with E-state index < -0.39 is 24.8 Å². The van der Waals surface area contributed by atoms with Gasteiger partial charge < -0.3 is 19.3 Å².